The summed E-state index contributed by atoms with van der Waals surface area (Å²) in [6.07, 6.45) is 0. The van der Waals surface area contributed by atoms with Gasteiger partial charge < -0.3 is 9.55 Å². The molecule has 2 aliphatic heterocycles. The highest BCUT2D eigenvalue weighted by atomic mass is 32.1. The van der Waals surface area contributed by atoms with E-state index >= 15 is 0 Å². The Kier molecular flexibility index (Phi) is 4.97. The monoisotopic (exact) mass is 513 g/mol. The Morgan fingerprint density at radius 2 is 1.45 bits per heavy atom. The van der Waals surface area contributed by atoms with E-state index in [-0.39, 0.29) is 17.7 Å². The van der Waals surface area contributed by atoms with Crippen molar-refractivity contribution in [3.63, 3.8) is 0 Å². The van der Waals surface area contributed by atoms with Crippen LogP contribution < -0.4 is 20.5 Å². The molecular weight excluding hydrogens is 481 g/mol. The van der Waals surface area contributed by atoms with Crippen LogP contribution in [0.4, 0.5) is 17.1 Å². The number of rotatable bonds is 1. The maximum absolute atomic E-state index is 6.88. The fourth-order valence-electron chi connectivity index (χ4n) is 5.97. The Hall–Kier alpha value is -3.50. The predicted molar refractivity (Wildman–Crippen MR) is 165 cm³/mol. The van der Waals surface area contributed by atoms with Crippen LogP contribution in [0.15, 0.2) is 84.2 Å². The van der Waals surface area contributed by atoms with Crippen molar-refractivity contribution in [2.24, 2.45) is 0 Å². The third kappa shape index (κ3) is 3.46. The van der Waals surface area contributed by atoms with Crippen molar-refractivity contribution >= 4 is 56.3 Å². The lowest BCUT2D eigenvalue weighted by molar-refractivity contribution is 0.585. The Balaban J connectivity index is 1.57. The first-order chi connectivity index (χ1) is 18.1. The van der Waals surface area contributed by atoms with E-state index in [1.165, 1.54) is 60.3 Å². The smallest absolute Gasteiger partial charge is 0.431 e. The second-order valence-electron chi connectivity index (χ2n) is 12.7. The van der Waals surface area contributed by atoms with Crippen molar-refractivity contribution in [2.75, 3.05) is 4.90 Å². The molecule has 0 radical (unpaired) electrons. The maximum atomic E-state index is 6.88. The van der Waals surface area contributed by atoms with Gasteiger partial charge in [0.05, 0.1) is 5.69 Å². The van der Waals surface area contributed by atoms with Gasteiger partial charge in [-0.1, -0.05) is 84.0 Å². The minimum atomic E-state index is -0.151. The van der Waals surface area contributed by atoms with E-state index in [1.54, 1.807) is 0 Å². The number of hydrogen-bond acceptors (Lipinski definition) is 3. The molecule has 4 heteroatoms. The first-order valence-corrected chi connectivity index (χ1v) is 14.3. The van der Waals surface area contributed by atoms with Crippen LogP contribution in [0.1, 0.15) is 52.7 Å². The minimum absolute atomic E-state index is 0.0429. The van der Waals surface area contributed by atoms with Gasteiger partial charge >= 0.3 is 6.92 Å². The van der Waals surface area contributed by atoms with E-state index in [0.717, 1.165) is 5.75 Å². The first-order valence-electron chi connectivity index (χ1n) is 13.5. The van der Waals surface area contributed by atoms with Crippen LogP contribution in [-0.2, 0) is 10.8 Å². The quantitative estimate of drug-likeness (QED) is 0.209. The molecule has 0 bridgehead atoms. The molecule has 0 unspecified atom stereocenters. The Morgan fingerprint density at radius 1 is 0.737 bits per heavy atom. The van der Waals surface area contributed by atoms with Gasteiger partial charge in [-0.05, 0) is 74.8 Å². The highest BCUT2D eigenvalue weighted by Crippen LogP contribution is 2.47. The van der Waals surface area contributed by atoms with Gasteiger partial charge in [0, 0.05) is 32.5 Å². The van der Waals surface area contributed by atoms with Gasteiger partial charge in [-0.25, -0.2) is 0 Å². The summed E-state index contributed by atoms with van der Waals surface area (Å²) < 4.78 is 8.19. The maximum Gasteiger partial charge on any atom is 0.431 e. The van der Waals surface area contributed by atoms with E-state index in [1.807, 2.05) is 11.3 Å². The third-order valence-electron chi connectivity index (χ3n) is 8.09. The molecule has 0 saturated carbocycles. The minimum Gasteiger partial charge on any atom is -0.551 e. The molecule has 5 aromatic rings. The summed E-state index contributed by atoms with van der Waals surface area (Å²) in [7, 11) is 0. The van der Waals surface area contributed by atoms with Crippen molar-refractivity contribution in [1.82, 2.24) is 0 Å². The lowest BCUT2D eigenvalue weighted by Crippen LogP contribution is -2.56. The molecule has 7 rings (SSSR count). The number of fused-ring (bicyclic) bond motifs is 6. The Morgan fingerprint density at radius 3 is 2.18 bits per heavy atom. The zero-order chi connectivity index (χ0) is 26.4. The van der Waals surface area contributed by atoms with E-state index in [4.69, 9.17) is 4.65 Å². The van der Waals surface area contributed by atoms with Gasteiger partial charge in [-0.2, -0.15) is 0 Å². The summed E-state index contributed by atoms with van der Waals surface area (Å²) in [5, 5.41) is 3.50. The topological polar surface area (TPSA) is 12.5 Å². The van der Waals surface area contributed by atoms with Crippen LogP contribution >= 0.6 is 11.3 Å². The predicted octanol–water partition coefficient (Wildman–Crippen LogP) is 8.44. The molecule has 2 nitrogen and oxygen atoms in total. The van der Waals surface area contributed by atoms with Crippen molar-refractivity contribution in [3.8, 4) is 16.9 Å². The molecular formula is C34H32BNOS. The average Bonchev–Trinajstić information content (AvgIpc) is 3.36. The van der Waals surface area contributed by atoms with Crippen LogP contribution in [0.5, 0.6) is 5.75 Å². The van der Waals surface area contributed by atoms with Crippen LogP contribution in [-0.4, -0.2) is 6.92 Å². The molecule has 0 aliphatic carbocycles. The van der Waals surface area contributed by atoms with Gasteiger partial charge in [-0.15, -0.1) is 11.3 Å². The average molecular weight is 514 g/mol. The largest absolute Gasteiger partial charge is 0.551 e. The van der Waals surface area contributed by atoms with E-state index in [2.05, 4.69) is 131 Å². The lowest BCUT2D eigenvalue weighted by atomic mass is 9.49. The van der Waals surface area contributed by atoms with Gasteiger partial charge in [0.1, 0.15) is 5.75 Å². The fourth-order valence-corrected chi connectivity index (χ4v) is 6.80. The van der Waals surface area contributed by atoms with E-state index in [9.17, 15) is 0 Å². The van der Waals surface area contributed by atoms with Crippen molar-refractivity contribution in [3.05, 3.63) is 95.4 Å². The molecule has 0 spiro atoms. The number of thiophene rings is 1. The second kappa shape index (κ2) is 8.00. The van der Waals surface area contributed by atoms with Gasteiger partial charge in [-0.3, -0.25) is 0 Å². The Labute approximate surface area is 230 Å². The normalized spacial score (nSPS) is 14.2. The molecule has 0 atom stereocenters. The van der Waals surface area contributed by atoms with Gasteiger partial charge in [0.2, 0.25) is 0 Å². The molecule has 188 valence electrons. The van der Waals surface area contributed by atoms with Crippen LogP contribution in [0, 0.1) is 0 Å². The number of nitrogens with zero attached hydrogens (tertiary/aromatic N) is 1. The molecule has 2 aliphatic rings. The van der Waals surface area contributed by atoms with Crippen LogP contribution in [0.2, 0.25) is 0 Å². The van der Waals surface area contributed by atoms with E-state index < -0.39 is 0 Å². The Bertz CT molecular complexity index is 1720. The summed E-state index contributed by atoms with van der Waals surface area (Å²) in [6.45, 7) is 13.5. The van der Waals surface area contributed by atoms with Crippen LogP contribution in [0.25, 0.3) is 21.2 Å². The number of benzene rings is 4. The van der Waals surface area contributed by atoms with Crippen molar-refractivity contribution in [1.29, 1.82) is 0 Å². The number of anilines is 3. The molecule has 3 heterocycles. The molecule has 38 heavy (non-hydrogen) atoms. The first kappa shape index (κ1) is 23.6. The van der Waals surface area contributed by atoms with Crippen molar-refractivity contribution < 1.29 is 4.65 Å². The summed E-state index contributed by atoms with van der Waals surface area (Å²) in [5.74, 6) is 0.960. The summed E-state index contributed by atoms with van der Waals surface area (Å²) in [4.78, 5) is 2.48. The molecule has 1 aromatic heterocycles. The highest BCUT2D eigenvalue weighted by molar-refractivity contribution is 7.17. The zero-order valence-corrected chi connectivity index (χ0v) is 23.7. The third-order valence-corrected chi connectivity index (χ3v) is 8.95. The molecule has 0 N–H and O–H groups in total. The molecule has 4 aromatic carbocycles. The molecule has 0 saturated heterocycles. The van der Waals surface area contributed by atoms with Crippen LogP contribution in [0.3, 0.4) is 0 Å². The lowest BCUT2D eigenvalue weighted by Gasteiger charge is -2.40. The zero-order valence-electron chi connectivity index (χ0n) is 22.9. The second-order valence-corrected chi connectivity index (χ2v) is 13.6. The number of hydrogen-bond donors (Lipinski definition) is 0. The summed E-state index contributed by atoms with van der Waals surface area (Å²) in [6, 6.07) is 29.3. The van der Waals surface area contributed by atoms with Crippen molar-refractivity contribution in [2.45, 2.75) is 52.4 Å². The standard InChI is InChI=1S/C34H32BNOS/c1-33(2,3)21-11-14-23(15-12-21)36-28-16-13-22(34(4,5)6)19-27(28)35-31-26(24-9-7-8-10-29(24)37-35)20-30-25(32(31)36)17-18-38-30/h7-20H,1-6H3. The fraction of sp³-hybridized carbons (Fsp3) is 0.235. The SMILES string of the molecule is CC(C)(C)c1ccc(N2c3ccc(C(C)(C)C)cc3B3Oc4ccccc4-c4cc5sccc5c2c43)cc1. The van der Waals surface area contributed by atoms with Gasteiger partial charge in [0.25, 0.3) is 0 Å². The van der Waals surface area contributed by atoms with E-state index in [0.29, 0.717) is 0 Å². The van der Waals surface area contributed by atoms with Gasteiger partial charge in [0.15, 0.2) is 0 Å². The number of para-hydroxylation sites is 1. The highest BCUT2D eigenvalue weighted by Gasteiger charge is 2.44. The summed E-state index contributed by atoms with van der Waals surface area (Å²) >= 11 is 1.81. The molecule has 0 amide bonds. The molecule has 0 fully saturated rings. The summed E-state index contributed by atoms with van der Waals surface area (Å²) in [5.41, 5.74) is 11.4.